The number of rotatable bonds is 8. The summed E-state index contributed by atoms with van der Waals surface area (Å²) in [6.45, 7) is 5.18. The van der Waals surface area contributed by atoms with Gasteiger partial charge in [0, 0.05) is 29.2 Å². The van der Waals surface area contributed by atoms with E-state index < -0.39 is 0 Å². The van der Waals surface area contributed by atoms with E-state index in [1.165, 1.54) is 41.3 Å². The van der Waals surface area contributed by atoms with Crippen molar-refractivity contribution >= 4 is 22.4 Å². The molecule has 174 valence electrons. The third-order valence-corrected chi connectivity index (χ3v) is 7.20. The van der Waals surface area contributed by atoms with Crippen LogP contribution < -0.4 is 10.2 Å². The number of benzene rings is 3. The van der Waals surface area contributed by atoms with Crippen LogP contribution in [0.2, 0.25) is 0 Å². The Hall–Kier alpha value is -2.85. The van der Waals surface area contributed by atoms with Crippen LogP contribution >= 0.6 is 0 Å². The maximum atomic E-state index is 12.5. The lowest BCUT2D eigenvalue weighted by Crippen LogP contribution is -2.38. The summed E-state index contributed by atoms with van der Waals surface area (Å²) in [4.78, 5) is 15.1. The quantitative estimate of drug-likeness (QED) is 0.455. The Bertz CT molecular complexity index is 1050. The molecular weight excluding hydrogens is 408 g/mol. The summed E-state index contributed by atoms with van der Waals surface area (Å²) >= 11 is 0. The van der Waals surface area contributed by atoms with Crippen LogP contribution in [0.25, 0.3) is 10.8 Å². The number of fused-ring (bicyclic) bond motifs is 1. The van der Waals surface area contributed by atoms with E-state index in [-0.39, 0.29) is 18.6 Å². The Morgan fingerprint density at radius 2 is 1.79 bits per heavy atom. The van der Waals surface area contributed by atoms with Gasteiger partial charge in [0.25, 0.3) is 5.91 Å². The minimum atomic E-state index is -0.189. The van der Waals surface area contributed by atoms with E-state index in [1.54, 1.807) is 0 Å². The Morgan fingerprint density at radius 3 is 2.52 bits per heavy atom. The van der Waals surface area contributed by atoms with Crippen LogP contribution in [-0.2, 0) is 0 Å². The van der Waals surface area contributed by atoms with Crippen molar-refractivity contribution in [2.75, 3.05) is 18.1 Å². The molecule has 1 aliphatic rings. The number of aliphatic hydroxyl groups is 1. The lowest BCUT2D eigenvalue weighted by molar-refractivity contribution is 0.0915. The van der Waals surface area contributed by atoms with Gasteiger partial charge in [-0.3, -0.25) is 4.79 Å². The van der Waals surface area contributed by atoms with Gasteiger partial charge in [-0.05, 0) is 67.7 Å². The monoisotopic (exact) mass is 444 g/mol. The molecule has 0 aromatic heterocycles. The van der Waals surface area contributed by atoms with Crippen LogP contribution in [0.4, 0.5) is 5.69 Å². The molecule has 0 saturated heterocycles. The molecule has 3 atom stereocenters. The summed E-state index contributed by atoms with van der Waals surface area (Å²) in [5.41, 5.74) is 3.31. The smallest absolute Gasteiger partial charge is 0.251 e. The van der Waals surface area contributed by atoms with Crippen molar-refractivity contribution in [2.24, 2.45) is 0 Å². The first-order valence-electron chi connectivity index (χ1n) is 12.4. The van der Waals surface area contributed by atoms with Gasteiger partial charge in [-0.2, -0.15) is 0 Å². The Balaban J connectivity index is 1.49. The van der Waals surface area contributed by atoms with Crippen molar-refractivity contribution in [3.05, 3.63) is 77.9 Å². The number of amides is 1. The number of hydrogen-bond acceptors (Lipinski definition) is 3. The topological polar surface area (TPSA) is 52.6 Å². The van der Waals surface area contributed by atoms with E-state index in [2.05, 4.69) is 71.7 Å². The standard InChI is InChI=1S/C29H36N2O2/c1-3-25(20-32)30-29(33)23-17-15-21(16-18-23)24-11-7-12-26(19-24)31(4-2)28-14-8-10-22-9-5-6-13-27(22)28/h5-6,8-10,13-18,24-26,32H,3-4,7,11-12,19-20H2,1-2H3,(H,30,33). The summed E-state index contributed by atoms with van der Waals surface area (Å²) in [5.74, 6) is 0.391. The molecule has 0 aliphatic heterocycles. The molecule has 0 radical (unpaired) electrons. The van der Waals surface area contributed by atoms with Crippen molar-refractivity contribution in [3.63, 3.8) is 0 Å². The molecule has 0 spiro atoms. The Kier molecular flexibility index (Phi) is 7.66. The second-order valence-electron chi connectivity index (χ2n) is 9.18. The second kappa shape index (κ2) is 10.8. The van der Waals surface area contributed by atoms with Gasteiger partial charge < -0.3 is 15.3 Å². The SMILES string of the molecule is CCC(CO)NC(=O)c1ccc(C2CCCC(N(CC)c3cccc4ccccc34)C2)cc1. The highest BCUT2D eigenvalue weighted by Gasteiger charge is 2.28. The molecule has 3 unspecified atom stereocenters. The van der Waals surface area contributed by atoms with E-state index in [1.807, 2.05) is 19.1 Å². The lowest BCUT2D eigenvalue weighted by Gasteiger charge is -2.39. The fraction of sp³-hybridized carbons (Fsp3) is 0.414. The maximum absolute atomic E-state index is 12.5. The average Bonchev–Trinajstić information content (AvgIpc) is 2.88. The number of nitrogens with one attached hydrogen (secondary N) is 1. The normalized spacial score (nSPS) is 19.2. The molecule has 3 aromatic rings. The molecule has 4 rings (SSSR count). The molecule has 3 aromatic carbocycles. The molecule has 4 heteroatoms. The summed E-state index contributed by atoms with van der Waals surface area (Å²) in [5, 5.41) is 14.9. The highest BCUT2D eigenvalue weighted by molar-refractivity contribution is 5.95. The number of hydrogen-bond donors (Lipinski definition) is 2. The van der Waals surface area contributed by atoms with Gasteiger partial charge in [0.2, 0.25) is 0 Å². The predicted octanol–water partition coefficient (Wildman–Crippen LogP) is 5.89. The zero-order valence-corrected chi connectivity index (χ0v) is 19.8. The summed E-state index contributed by atoms with van der Waals surface area (Å²) in [6.07, 6.45) is 5.47. The van der Waals surface area contributed by atoms with Gasteiger partial charge >= 0.3 is 0 Å². The third kappa shape index (κ3) is 5.22. The second-order valence-corrected chi connectivity index (χ2v) is 9.18. The van der Waals surface area contributed by atoms with Gasteiger partial charge in [0.1, 0.15) is 0 Å². The number of carbonyl (C=O) groups is 1. The molecule has 1 aliphatic carbocycles. The fourth-order valence-corrected chi connectivity index (χ4v) is 5.29. The van der Waals surface area contributed by atoms with E-state index >= 15 is 0 Å². The van der Waals surface area contributed by atoms with Gasteiger partial charge in [0.05, 0.1) is 12.6 Å². The Morgan fingerprint density at radius 1 is 1.03 bits per heavy atom. The van der Waals surface area contributed by atoms with Crippen LogP contribution in [0.15, 0.2) is 66.7 Å². The van der Waals surface area contributed by atoms with Gasteiger partial charge in [-0.15, -0.1) is 0 Å². The molecule has 1 amide bonds. The van der Waals surface area contributed by atoms with Crippen LogP contribution in [0.1, 0.15) is 67.8 Å². The molecule has 0 heterocycles. The zero-order valence-electron chi connectivity index (χ0n) is 19.8. The predicted molar refractivity (Wildman–Crippen MR) is 137 cm³/mol. The summed E-state index contributed by atoms with van der Waals surface area (Å²) in [6, 6.07) is 23.7. The Labute approximate surface area is 197 Å². The first-order valence-corrected chi connectivity index (χ1v) is 12.4. The maximum Gasteiger partial charge on any atom is 0.251 e. The van der Waals surface area contributed by atoms with Crippen molar-refractivity contribution in [1.29, 1.82) is 0 Å². The van der Waals surface area contributed by atoms with Crippen LogP contribution in [0.3, 0.4) is 0 Å². The van der Waals surface area contributed by atoms with Crippen LogP contribution in [0, 0.1) is 0 Å². The van der Waals surface area contributed by atoms with Gasteiger partial charge in [0.15, 0.2) is 0 Å². The highest BCUT2D eigenvalue weighted by atomic mass is 16.3. The zero-order chi connectivity index (χ0) is 23.2. The molecule has 1 fully saturated rings. The van der Waals surface area contributed by atoms with Gasteiger partial charge in [-0.1, -0.05) is 61.9 Å². The van der Waals surface area contributed by atoms with E-state index in [0.29, 0.717) is 23.9 Å². The minimum absolute atomic E-state index is 0.0333. The number of carbonyl (C=O) groups excluding carboxylic acids is 1. The lowest BCUT2D eigenvalue weighted by atomic mass is 9.80. The molecule has 2 N–H and O–H groups in total. The van der Waals surface area contributed by atoms with E-state index in [0.717, 1.165) is 13.0 Å². The van der Waals surface area contributed by atoms with Crippen LogP contribution in [0.5, 0.6) is 0 Å². The largest absolute Gasteiger partial charge is 0.394 e. The summed E-state index contributed by atoms with van der Waals surface area (Å²) < 4.78 is 0. The van der Waals surface area contributed by atoms with Gasteiger partial charge in [-0.25, -0.2) is 0 Å². The fourth-order valence-electron chi connectivity index (χ4n) is 5.29. The first kappa shape index (κ1) is 23.3. The van der Waals surface area contributed by atoms with Crippen molar-refractivity contribution in [1.82, 2.24) is 5.32 Å². The summed E-state index contributed by atoms with van der Waals surface area (Å²) in [7, 11) is 0. The minimum Gasteiger partial charge on any atom is -0.394 e. The van der Waals surface area contributed by atoms with Crippen molar-refractivity contribution in [2.45, 2.75) is 64.0 Å². The number of aliphatic hydroxyl groups excluding tert-OH is 1. The molecule has 33 heavy (non-hydrogen) atoms. The van der Waals surface area contributed by atoms with Crippen LogP contribution in [-0.4, -0.2) is 36.2 Å². The van der Waals surface area contributed by atoms with E-state index in [9.17, 15) is 9.90 Å². The third-order valence-electron chi connectivity index (χ3n) is 7.20. The molecule has 4 nitrogen and oxygen atoms in total. The van der Waals surface area contributed by atoms with E-state index in [4.69, 9.17) is 0 Å². The molecular formula is C29H36N2O2. The first-order chi connectivity index (χ1) is 16.1. The van der Waals surface area contributed by atoms with Crippen molar-refractivity contribution in [3.8, 4) is 0 Å². The highest BCUT2D eigenvalue weighted by Crippen LogP contribution is 2.38. The molecule has 1 saturated carbocycles. The number of anilines is 1. The van der Waals surface area contributed by atoms with Crippen molar-refractivity contribution < 1.29 is 9.90 Å². The average molecular weight is 445 g/mol. The number of nitrogens with zero attached hydrogens (tertiary/aromatic N) is 1. The molecule has 0 bridgehead atoms.